The molecule has 3 N–H and O–H groups in total. The molecule has 0 aromatic carbocycles. The zero-order valence-electron chi connectivity index (χ0n) is 15.8. The van der Waals surface area contributed by atoms with Crippen molar-refractivity contribution in [2.45, 2.75) is 65.0 Å². The van der Waals surface area contributed by atoms with Crippen molar-refractivity contribution >= 4 is 17.0 Å². The Morgan fingerprint density at radius 1 is 1.19 bits per heavy atom. The van der Waals surface area contributed by atoms with Crippen molar-refractivity contribution in [2.75, 3.05) is 25.4 Å². The van der Waals surface area contributed by atoms with Gasteiger partial charge in [0, 0.05) is 6.54 Å². The highest BCUT2D eigenvalue weighted by Gasteiger charge is 2.16. The average Bonchev–Trinajstić information content (AvgIpc) is 2.96. The molecule has 0 spiro atoms. The van der Waals surface area contributed by atoms with Gasteiger partial charge in [0.05, 0.1) is 6.10 Å². The summed E-state index contributed by atoms with van der Waals surface area (Å²) < 4.78 is 7.33. The number of anilines is 1. The Morgan fingerprint density at radius 3 is 2.65 bits per heavy atom. The number of aromatic amines is 1. The summed E-state index contributed by atoms with van der Waals surface area (Å²) in [5.74, 6) is 0.248. The fourth-order valence-electron chi connectivity index (χ4n) is 3.34. The number of H-pyrrole nitrogens is 1. The maximum Gasteiger partial charge on any atom is 0.327 e. The highest BCUT2D eigenvalue weighted by atomic mass is 16.5. The maximum atomic E-state index is 12.3. The highest BCUT2D eigenvalue weighted by molar-refractivity contribution is 5.81. The van der Waals surface area contributed by atoms with Crippen molar-refractivity contribution in [3.8, 4) is 6.01 Å². The third-order valence-electron chi connectivity index (χ3n) is 5.07. The lowest BCUT2D eigenvalue weighted by Gasteiger charge is -2.26. The van der Waals surface area contributed by atoms with Crippen LogP contribution in [0.25, 0.3) is 11.2 Å². The van der Waals surface area contributed by atoms with Gasteiger partial charge in [0.25, 0.3) is 0 Å². The Bertz CT molecular complexity index is 778. The summed E-state index contributed by atoms with van der Waals surface area (Å²) in [5, 5.41) is 0. The number of imidazole rings is 1. The van der Waals surface area contributed by atoms with E-state index in [4.69, 9.17) is 10.5 Å². The first-order valence-corrected chi connectivity index (χ1v) is 9.73. The van der Waals surface area contributed by atoms with E-state index in [2.05, 4.69) is 19.9 Å². The lowest BCUT2D eigenvalue weighted by atomic mass is 10.1. The normalized spacial score (nSPS) is 16.8. The van der Waals surface area contributed by atoms with Gasteiger partial charge in [-0.2, -0.15) is 9.97 Å². The molecular weight excluding hydrogens is 332 g/mol. The van der Waals surface area contributed by atoms with Crippen LogP contribution in [0, 0.1) is 0 Å². The minimum atomic E-state index is -0.195. The van der Waals surface area contributed by atoms with Crippen LogP contribution in [-0.2, 0) is 6.54 Å². The van der Waals surface area contributed by atoms with Gasteiger partial charge < -0.3 is 20.4 Å². The Balaban J connectivity index is 1.68. The van der Waals surface area contributed by atoms with Crippen LogP contribution in [0.2, 0.25) is 0 Å². The molecule has 8 nitrogen and oxygen atoms in total. The Kier molecular flexibility index (Phi) is 6.13. The minimum Gasteiger partial charge on any atom is -0.460 e. The van der Waals surface area contributed by atoms with Crippen LogP contribution in [0.5, 0.6) is 6.01 Å². The molecule has 2 aromatic heterocycles. The van der Waals surface area contributed by atoms with Crippen molar-refractivity contribution in [2.24, 2.45) is 0 Å². The predicted molar refractivity (Wildman–Crippen MR) is 102 cm³/mol. The van der Waals surface area contributed by atoms with E-state index in [1.54, 1.807) is 4.57 Å². The molecule has 0 bridgehead atoms. The number of nitrogens with zero attached hydrogens (tertiary/aromatic N) is 4. The predicted octanol–water partition coefficient (Wildman–Crippen LogP) is 2.15. The number of likely N-dealkylation sites (tertiary alicyclic amines) is 1. The molecule has 1 fully saturated rings. The maximum absolute atomic E-state index is 12.3. The lowest BCUT2D eigenvalue weighted by molar-refractivity contribution is 0.200. The largest absolute Gasteiger partial charge is 0.460 e. The van der Waals surface area contributed by atoms with E-state index in [0.29, 0.717) is 17.7 Å². The minimum absolute atomic E-state index is 0.00416. The van der Waals surface area contributed by atoms with Gasteiger partial charge in [-0.05, 0) is 58.7 Å². The summed E-state index contributed by atoms with van der Waals surface area (Å²) >= 11 is 0. The number of hydrogen-bond donors (Lipinski definition) is 2. The standard InChI is InChI=1S/C18H30N6O2/c1-3-13(2)26-17-21-15(19)14-16(22-17)24(18(25)20-14)12-8-7-11-23-9-5-4-6-10-23/h13H,3-12H2,1-2H3,(H,20,25)(H2,19,21,22). The molecule has 1 aliphatic rings. The zero-order valence-corrected chi connectivity index (χ0v) is 15.8. The van der Waals surface area contributed by atoms with Crippen molar-refractivity contribution in [3.05, 3.63) is 10.5 Å². The lowest BCUT2D eigenvalue weighted by Crippen LogP contribution is -2.30. The van der Waals surface area contributed by atoms with Crippen LogP contribution in [-0.4, -0.2) is 50.2 Å². The Labute approximate surface area is 153 Å². The van der Waals surface area contributed by atoms with E-state index >= 15 is 0 Å². The monoisotopic (exact) mass is 362 g/mol. The van der Waals surface area contributed by atoms with Crippen LogP contribution in [0.4, 0.5) is 5.82 Å². The molecule has 1 aliphatic heterocycles. The van der Waals surface area contributed by atoms with Gasteiger partial charge in [0.1, 0.15) is 5.52 Å². The quantitative estimate of drug-likeness (QED) is 0.698. The molecule has 2 aromatic rings. The van der Waals surface area contributed by atoms with Crippen molar-refractivity contribution < 1.29 is 4.74 Å². The molecule has 26 heavy (non-hydrogen) atoms. The third kappa shape index (κ3) is 4.35. The number of piperidine rings is 1. The van der Waals surface area contributed by atoms with Gasteiger partial charge in [-0.25, -0.2) is 4.79 Å². The highest BCUT2D eigenvalue weighted by Crippen LogP contribution is 2.19. The number of aromatic nitrogens is 4. The van der Waals surface area contributed by atoms with Crippen molar-refractivity contribution in [1.82, 2.24) is 24.4 Å². The number of ether oxygens (including phenoxy) is 1. The summed E-state index contributed by atoms with van der Waals surface area (Å²) in [7, 11) is 0. The van der Waals surface area contributed by atoms with Crippen LogP contribution < -0.4 is 16.2 Å². The van der Waals surface area contributed by atoms with E-state index in [0.717, 1.165) is 25.8 Å². The molecule has 1 unspecified atom stereocenters. The van der Waals surface area contributed by atoms with E-state index < -0.39 is 0 Å². The second-order valence-electron chi connectivity index (χ2n) is 7.12. The van der Waals surface area contributed by atoms with Crippen molar-refractivity contribution in [1.29, 1.82) is 0 Å². The molecular formula is C18H30N6O2. The number of unbranched alkanes of at least 4 members (excludes halogenated alkanes) is 1. The van der Waals surface area contributed by atoms with E-state index in [1.807, 2.05) is 13.8 Å². The first-order valence-electron chi connectivity index (χ1n) is 9.73. The number of fused-ring (bicyclic) bond motifs is 1. The molecule has 0 saturated carbocycles. The van der Waals surface area contributed by atoms with Crippen LogP contribution in [0.1, 0.15) is 52.4 Å². The number of nitrogens with one attached hydrogen (secondary N) is 1. The molecule has 1 atom stereocenters. The molecule has 3 rings (SSSR count). The molecule has 8 heteroatoms. The number of nitrogens with two attached hydrogens (primary N) is 1. The first-order chi connectivity index (χ1) is 12.6. The number of rotatable bonds is 8. The topological polar surface area (TPSA) is 102 Å². The van der Waals surface area contributed by atoms with E-state index in [-0.39, 0.29) is 23.6 Å². The fourth-order valence-corrected chi connectivity index (χ4v) is 3.34. The van der Waals surface area contributed by atoms with Gasteiger partial charge in [-0.15, -0.1) is 0 Å². The number of hydrogen-bond acceptors (Lipinski definition) is 6. The molecule has 0 radical (unpaired) electrons. The van der Waals surface area contributed by atoms with Gasteiger partial charge >= 0.3 is 11.7 Å². The van der Waals surface area contributed by atoms with Gasteiger partial charge in [-0.3, -0.25) is 4.57 Å². The number of nitrogen functional groups attached to an aromatic ring is 1. The summed E-state index contributed by atoms with van der Waals surface area (Å²) in [6, 6.07) is 0.227. The summed E-state index contributed by atoms with van der Waals surface area (Å²) in [4.78, 5) is 26.2. The van der Waals surface area contributed by atoms with Crippen molar-refractivity contribution in [3.63, 3.8) is 0 Å². The van der Waals surface area contributed by atoms with Gasteiger partial charge in [0.15, 0.2) is 11.5 Å². The van der Waals surface area contributed by atoms with Gasteiger partial charge in [0.2, 0.25) is 0 Å². The van der Waals surface area contributed by atoms with Crippen LogP contribution >= 0.6 is 0 Å². The average molecular weight is 362 g/mol. The summed E-state index contributed by atoms with van der Waals surface area (Å²) in [5.41, 5.74) is 6.81. The molecule has 0 amide bonds. The molecule has 1 saturated heterocycles. The molecule has 144 valence electrons. The summed E-state index contributed by atoms with van der Waals surface area (Å²) in [6.07, 6.45) is 6.79. The zero-order chi connectivity index (χ0) is 18.5. The molecule has 3 heterocycles. The fraction of sp³-hybridized carbons (Fsp3) is 0.722. The molecule has 0 aliphatic carbocycles. The number of aryl methyl sites for hydroxylation is 1. The second kappa shape index (κ2) is 8.53. The first kappa shape index (κ1) is 18.7. The van der Waals surface area contributed by atoms with Crippen LogP contribution in [0.15, 0.2) is 4.79 Å². The van der Waals surface area contributed by atoms with E-state index in [1.165, 1.54) is 32.4 Å². The SMILES string of the molecule is CCC(C)Oc1nc(N)c2[nH]c(=O)n(CCCCN3CCCCC3)c2n1. The van der Waals surface area contributed by atoms with Crippen LogP contribution in [0.3, 0.4) is 0 Å². The smallest absolute Gasteiger partial charge is 0.327 e. The third-order valence-corrected chi connectivity index (χ3v) is 5.07. The Hall–Kier alpha value is -2.09. The Morgan fingerprint density at radius 2 is 1.92 bits per heavy atom. The summed E-state index contributed by atoms with van der Waals surface area (Å²) in [6.45, 7) is 8.10. The van der Waals surface area contributed by atoms with Gasteiger partial charge in [-0.1, -0.05) is 13.3 Å². The second-order valence-corrected chi connectivity index (χ2v) is 7.12. The van der Waals surface area contributed by atoms with E-state index in [9.17, 15) is 4.79 Å².